The number of aryl methyl sites for hydroxylation is 1. The molecule has 0 radical (unpaired) electrons. The first-order valence-corrected chi connectivity index (χ1v) is 13.9. The van der Waals surface area contributed by atoms with Gasteiger partial charge in [0, 0.05) is 19.2 Å². The Kier molecular flexibility index (Phi) is 4.73. The summed E-state index contributed by atoms with van der Waals surface area (Å²) in [4.78, 5) is 4.38. The van der Waals surface area contributed by atoms with Crippen molar-refractivity contribution in [2.45, 2.75) is 83.2 Å². The van der Waals surface area contributed by atoms with Crippen LogP contribution in [0, 0.1) is 34.0 Å². The molecule has 0 amide bonds. The molecule has 4 fully saturated rings. The van der Waals surface area contributed by atoms with E-state index in [2.05, 4.69) is 66.6 Å². The fraction of sp³-hybridized carbons (Fsp3) is 0.594. The van der Waals surface area contributed by atoms with E-state index in [0.29, 0.717) is 22.2 Å². The molecule has 0 saturated heterocycles. The number of hydrogen-bond donors (Lipinski definition) is 1. The van der Waals surface area contributed by atoms with Crippen molar-refractivity contribution in [1.82, 2.24) is 4.98 Å². The van der Waals surface area contributed by atoms with Crippen LogP contribution >= 0.6 is 0 Å². The third-order valence-electron chi connectivity index (χ3n) is 11.7. The fourth-order valence-corrected chi connectivity index (χ4v) is 10.6. The van der Waals surface area contributed by atoms with Crippen LogP contribution in [0.5, 0.6) is 0 Å². The standard InChI is InChI=1S/C32H39NO.H2/c1-30-16-15-29-31-18-14-25(34)20-24(31)13-17-32(29,31)28(30)12-11-27(30)26(23-7-3-2-4-8-23)10-9-22-6-5-19-33-21-22;/h2-8,13,19,21,25-29,34H,9-12,14-18,20H2,1H3;1H. The van der Waals surface area contributed by atoms with Gasteiger partial charge in [0.25, 0.3) is 0 Å². The van der Waals surface area contributed by atoms with Crippen molar-refractivity contribution in [3.63, 3.8) is 0 Å². The van der Waals surface area contributed by atoms with E-state index in [-0.39, 0.29) is 7.53 Å². The molecule has 2 aromatic rings. The van der Waals surface area contributed by atoms with Crippen molar-refractivity contribution in [3.05, 3.63) is 77.6 Å². The number of allylic oxidation sites excluding steroid dienone is 1. The number of rotatable bonds is 5. The first-order valence-electron chi connectivity index (χ1n) is 13.9. The first kappa shape index (κ1) is 21.4. The Morgan fingerprint density at radius 2 is 1.91 bits per heavy atom. The Morgan fingerprint density at radius 1 is 1.03 bits per heavy atom. The van der Waals surface area contributed by atoms with E-state index in [1.165, 1.54) is 50.5 Å². The van der Waals surface area contributed by atoms with Crippen LogP contribution in [0.4, 0.5) is 0 Å². The molecule has 0 bridgehead atoms. The summed E-state index contributed by atoms with van der Waals surface area (Å²) >= 11 is 0. The topological polar surface area (TPSA) is 33.1 Å². The highest BCUT2D eigenvalue weighted by atomic mass is 16.3. The van der Waals surface area contributed by atoms with Gasteiger partial charge in [0.05, 0.1) is 6.10 Å². The van der Waals surface area contributed by atoms with E-state index < -0.39 is 0 Å². The van der Waals surface area contributed by atoms with Gasteiger partial charge in [-0.1, -0.05) is 55.0 Å². The maximum absolute atomic E-state index is 10.4. The summed E-state index contributed by atoms with van der Waals surface area (Å²) in [5, 5.41) is 10.4. The van der Waals surface area contributed by atoms with E-state index >= 15 is 0 Å². The smallest absolute Gasteiger partial charge is 0.0577 e. The van der Waals surface area contributed by atoms with Gasteiger partial charge in [-0.3, -0.25) is 4.98 Å². The summed E-state index contributed by atoms with van der Waals surface area (Å²) in [7, 11) is 0. The van der Waals surface area contributed by atoms with E-state index in [9.17, 15) is 5.11 Å². The molecule has 4 saturated carbocycles. The van der Waals surface area contributed by atoms with Crippen molar-refractivity contribution < 1.29 is 6.53 Å². The molecule has 5 aliphatic rings. The largest absolute Gasteiger partial charge is 0.393 e. The molecule has 1 aromatic heterocycles. The second-order valence-electron chi connectivity index (χ2n) is 12.6. The maximum Gasteiger partial charge on any atom is 0.0577 e. The molecule has 180 valence electrons. The van der Waals surface area contributed by atoms with Crippen molar-refractivity contribution >= 4 is 0 Å². The van der Waals surface area contributed by atoms with Gasteiger partial charge in [-0.2, -0.15) is 0 Å². The Hall–Kier alpha value is -1.93. The van der Waals surface area contributed by atoms with Gasteiger partial charge in [-0.15, -0.1) is 0 Å². The average Bonchev–Trinajstić information content (AvgIpc) is 3.07. The molecule has 2 heteroatoms. The number of hydrogen-bond acceptors (Lipinski definition) is 2. The van der Waals surface area contributed by atoms with Gasteiger partial charge in [-0.25, -0.2) is 0 Å². The van der Waals surface area contributed by atoms with Crippen LogP contribution in [0.1, 0.15) is 83.2 Å². The molecular formula is C32H41NO. The number of fused-ring (bicyclic) bond motifs is 1. The van der Waals surface area contributed by atoms with Crippen LogP contribution in [0.15, 0.2) is 66.5 Å². The molecule has 34 heavy (non-hydrogen) atoms. The summed E-state index contributed by atoms with van der Waals surface area (Å²) in [6.07, 6.45) is 19.0. The van der Waals surface area contributed by atoms with Gasteiger partial charge in [-0.05, 0) is 116 Å². The van der Waals surface area contributed by atoms with Crippen molar-refractivity contribution in [1.29, 1.82) is 0 Å². The minimum absolute atomic E-state index is 0. The number of nitrogens with zero attached hydrogens (tertiary/aromatic N) is 1. The predicted octanol–water partition coefficient (Wildman–Crippen LogP) is 7.35. The monoisotopic (exact) mass is 455 g/mol. The molecule has 5 aliphatic carbocycles. The van der Waals surface area contributed by atoms with Gasteiger partial charge in [0.15, 0.2) is 0 Å². The van der Waals surface area contributed by atoms with Gasteiger partial charge in [0.2, 0.25) is 0 Å². The zero-order valence-electron chi connectivity index (χ0n) is 20.6. The number of aromatic nitrogens is 1. The Morgan fingerprint density at radius 3 is 2.74 bits per heavy atom. The fourth-order valence-electron chi connectivity index (χ4n) is 10.6. The first-order chi connectivity index (χ1) is 16.6. The lowest BCUT2D eigenvalue weighted by Crippen LogP contribution is -2.40. The van der Waals surface area contributed by atoms with E-state index in [1.807, 2.05) is 6.20 Å². The van der Waals surface area contributed by atoms with Crippen LogP contribution in [0.3, 0.4) is 0 Å². The van der Waals surface area contributed by atoms with Crippen molar-refractivity contribution in [2.24, 2.45) is 34.0 Å². The summed E-state index contributed by atoms with van der Waals surface area (Å²) in [6.45, 7) is 2.70. The lowest BCUT2D eigenvalue weighted by atomic mass is 9.57. The number of aliphatic hydroxyl groups is 1. The highest BCUT2D eigenvalue weighted by Crippen LogP contribution is 2.90. The Labute approximate surface area is 206 Å². The maximum atomic E-state index is 10.4. The molecule has 1 heterocycles. The van der Waals surface area contributed by atoms with Crippen LogP contribution in [-0.4, -0.2) is 16.2 Å². The second-order valence-corrected chi connectivity index (χ2v) is 12.6. The van der Waals surface area contributed by atoms with Crippen molar-refractivity contribution in [3.8, 4) is 0 Å². The Balaban J connectivity index is 0.00000229. The van der Waals surface area contributed by atoms with Gasteiger partial charge in [0.1, 0.15) is 0 Å². The van der Waals surface area contributed by atoms with Gasteiger partial charge < -0.3 is 5.11 Å². The number of pyridine rings is 1. The lowest BCUT2D eigenvalue weighted by Gasteiger charge is -2.47. The minimum atomic E-state index is -0.0904. The van der Waals surface area contributed by atoms with Crippen LogP contribution in [0.2, 0.25) is 0 Å². The molecule has 1 aromatic carbocycles. The molecule has 8 atom stereocenters. The molecule has 2 spiro atoms. The number of benzene rings is 1. The zero-order chi connectivity index (χ0) is 23.0. The normalized spacial score (nSPS) is 42.7. The average molecular weight is 456 g/mol. The zero-order valence-corrected chi connectivity index (χ0v) is 20.6. The molecule has 0 aliphatic heterocycles. The quantitative estimate of drug-likeness (QED) is 0.478. The van der Waals surface area contributed by atoms with Crippen LogP contribution in [0.25, 0.3) is 0 Å². The van der Waals surface area contributed by atoms with E-state index in [0.717, 1.165) is 37.0 Å². The number of aliphatic hydroxyl groups excluding tert-OH is 1. The predicted molar refractivity (Wildman–Crippen MR) is 138 cm³/mol. The molecule has 7 rings (SSSR count). The second kappa shape index (κ2) is 7.53. The van der Waals surface area contributed by atoms with E-state index in [4.69, 9.17) is 0 Å². The SMILES string of the molecule is CC12CCC3C45CCC(O)CC4=CCC35C1CCC2C(CCc1cccnc1)c1ccccc1.[HH]. The third kappa shape index (κ3) is 2.70. The summed E-state index contributed by atoms with van der Waals surface area (Å²) in [5.74, 6) is 3.16. The minimum Gasteiger partial charge on any atom is -0.393 e. The van der Waals surface area contributed by atoms with E-state index in [1.54, 1.807) is 11.1 Å². The van der Waals surface area contributed by atoms with Gasteiger partial charge >= 0.3 is 0 Å². The van der Waals surface area contributed by atoms with Crippen LogP contribution < -0.4 is 0 Å². The molecular weight excluding hydrogens is 414 g/mol. The lowest BCUT2D eigenvalue weighted by molar-refractivity contribution is 0.0247. The summed E-state index contributed by atoms with van der Waals surface area (Å²) in [5.41, 5.74) is 6.04. The summed E-state index contributed by atoms with van der Waals surface area (Å²) in [6, 6.07) is 15.8. The van der Waals surface area contributed by atoms with Crippen molar-refractivity contribution in [2.75, 3.05) is 0 Å². The molecule has 2 nitrogen and oxygen atoms in total. The molecule has 8 unspecified atom stereocenters. The highest BCUT2D eigenvalue weighted by Gasteiger charge is 2.84. The van der Waals surface area contributed by atoms with Crippen LogP contribution in [-0.2, 0) is 6.42 Å². The Bertz CT molecular complexity index is 1100. The summed E-state index contributed by atoms with van der Waals surface area (Å²) < 4.78 is 0. The highest BCUT2D eigenvalue weighted by molar-refractivity contribution is 5.46. The third-order valence-corrected chi connectivity index (χ3v) is 11.7. The molecule has 1 N–H and O–H groups in total.